The van der Waals surface area contributed by atoms with Gasteiger partial charge in [0.2, 0.25) is 0 Å². The lowest BCUT2D eigenvalue weighted by Crippen LogP contribution is -2.29. The van der Waals surface area contributed by atoms with Crippen LogP contribution < -0.4 is 0 Å². The summed E-state index contributed by atoms with van der Waals surface area (Å²) in [5, 5.41) is 19.2. The van der Waals surface area contributed by atoms with Crippen molar-refractivity contribution in [2.45, 2.75) is 46.0 Å². The molecule has 0 bridgehead atoms. The summed E-state index contributed by atoms with van der Waals surface area (Å²) in [5.41, 5.74) is 4.78. The van der Waals surface area contributed by atoms with E-state index in [2.05, 4.69) is 55.1 Å². The smallest absolute Gasteiger partial charge is 0.333 e. The van der Waals surface area contributed by atoms with E-state index in [9.17, 15) is 15.0 Å². The Bertz CT molecular complexity index is 794. The summed E-state index contributed by atoms with van der Waals surface area (Å²) in [4.78, 5) is 11.4. The number of carbonyl (C=O) groups is 1. The Hall–Kier alpha value is -2.43. The van der Waals surface area contributed by atoms with Crippen molar-refractivity contribution in [3.8, 4) is 11.1 Å². The van der Waals surface area contributed by atoms with Crippen molar-refractivity contribution in [2.75, 3.05) is 19.8 Å². The van der Waals surface area contributed by atoms with Crippen LogP contribution in [0.4, 0.5) is 0 Å². The molecule has 0 fully saturated rings. The molecule has 0 unspecified atom stereocenters. The highest BCUT2D eigenvalue weighted by Gasteiger charge is 2.26. The summed E-state index contributed by atoms with van der Waals surface area (Å²) in [6.07, 6.45) is 4.02. The molecule has 0 aliphatic carbocycles. The lowest BCUT2D eigenvalue weighted by atomic mass is 9.81. The molecular formula is C26H34O4. The Balaban J connectivity index is 1.87. The minimum absolute atomic E-state index is 0.0146. The Morgan fingerprint density at radius 3 is 1.87 bits per heavy atom. The van der Waals surface area contributed by atoms with Crippen molar-refractivity contribution in [1.29, 1.82) is 0 Å². The number of benzene rings is 2. The number of esters is 1. The van der Waals surface area contributed by atoms with E-state index >= 15 is 0 Å². The average molecular weight is 411 g/mol. The monoisotopic (exact) mass is 410 g/mol. The molecule has 2 aromatic rings. The van der Waals surface area contributed by atoms with Gasteiger partial charge in [0.05, 0.1) is 19.8 Å². The molecule has 162 valence electrons. The number of aryl methyl sites for hydroxylation is 2. The van der Waals surface area contributed by atoms with Crippen molar-refractivity contribution in [2.24, 2.45) is 5.41 Å². The Morgan fingerprint density at radius 2 is 1.43 bits per heavy atom. The van der Waals surface area contributed by atoms with Crippen LogP contribution in [0, 0.1) is 5.41 Å². The third-order valence-corrected chi connectivity index (χ3v) is 5.80. The Kier molecular flexibility index (Phi) is 9.28. The number of ether oxygens (including phenoxy) is 1. The third kappa shape index (κ3) is 6.82. The first-order chi connectivity index (χ1) is 14.4. The topological polar surface area (TPSA) is 66.8 Å². The lowest BCUT2D eigenvalue weighted by molar-refractivity contribution is -0.139. The molecule has 0 aliphatic rings. The van der Waals surface area contributed by atoms with Crippen LogP contribution >= 0.6 is 0 Å². The van der Waals surface area contributed by atoms with E-state index in [1.807, 2.05) is 6.92 Å². The highest BCUT2D eigenvalue weighted by atomic mass is 16.5. The summed E-state index contributed by atoms with van der Waals surface area (Å²) in [5.74, 6) is -0.332. The van der Waals surface area contributed by atoms with Crippen molar-refractivity contribution < 1.29 is 19.7 Å². The molecule has 4 heteroatoms. The van der Waals surface area contributed by atoms with Gasteiger partial charge in [-0.05, 0) is 61.3 Å². The molecule has 30 heavy (non-hydrogen) atoms. The first-order valence-corrected chi connectivity index (χ1v) is 10.7. The van der Waals surface area contributed by atoms with Gasteiger partial charge in [0.25, 0.3) is 0 Å². The van der Waals surface area contributed by atoms with Gasteiger partial charge < -0.3 is 14.9 Å². The lowest BCUT2D eigenvalue weighted by Gasteiger charge is -2.28. The van der Waals surface area contributed by atoms with E-state index in [0.29, 0.717) is 12.2 Å². The van der Waals surface area contributed by atoms with Crippen LogP contribution in [0.25, 0.3) is 11.1 Å². The van der Waals surface area contributed by atoms with E-state index < -0.39 is 5.41 Å². The molecular weight excluding hydrogens is 376 g/mol. The van der Waals surface area contributed by atoms with Gasteiger partial charge in [0, 0.05) is 11.0 Å². The van der Waals surface area contributed by atoms with Crippen LogP contribution in [-0.2, 0) is 22.4 Å². The highest BCUT2D eigenvalue weighted by Crippen LogP contribution is 2.28. The van der Waals surface area contributed by atoms with Crippen molar-refractivity contribution in [3.05, 3.63) is 71.8 Å². The van der Waals surface area contributed by atoms with E-state index in [4.69, 9.17) is 4.74 Å². The number of rotatable bonds is 12. The van der Waals surface area contributed by atoms with Crippen LogP contribution in [0.2, 0.25) is 0 Å². The number of hydrogen-bond acceptors (Lipinski definition) is 4. The molecule has 0 spiro atoms. The molecule has 0 saturated carbocycles. The molecule has 0 aliphatic heterocycles. The Morgan fingerprint density at radius 1 is 0.933 bits per heavy atom. The van der Waals surface area contributed by atoms with Crippen LogP contribution in [0.15, 0.2) is 60.7 Å². The van der Waals surface area contributed by atoms with Crippen LogP contribution in [0.5, 0.6) is 0 Å². The van der Waals surface area contributed by atoms with E-state index in [1.165, 1.54) is 11.1 Å². The highest BCUT2D eigenvalue weighted by molar-refractivity contribution is 5.86. The Labute approximate surface area is 180 Å². The summed E-state index contributed by atoms with van der Waals surface area (Å²) >= 11 is 0. The number of aliphatic hydroxyl groups is 2. The minimum atomic E-state index is -0.392. The predicted molar refractivity (Wildman–Crippen MR) is 121 cm³/mol. The van der Waals surface area contributed by atoms with Crippen LogP contribution in [0.1, 0.15) is 44.2 Å². The van der Waals surface area contributed by atoms with Gasteiger partial charge in [-0.3, -0.25) is 0 Å². The fraction of sp³-hybridized carbons (Fsp3) is 0.423. The van der Waals surface area contributed by atoms with E-state index in [1.54, 1.807) is 6.92 Å². The normalized spacial score (nSPS) is 11.3. The second-order valence-corrected chi connectivity index (χ2v) is 8.08. The SMILES string of the molecule is C=C(C)C(=O)OCCCc1ccc(-c2ccc(CCC(CC)(CO)CO)cc2)cc1. The van der Waals surface area contributed by atoms with Gasteiger partial charge in [-0.1, -0.05) is 62.0 Å². The summed E-state index contributed by atoms with van der Waals surface area (Å²) < 4.78 is 5.13. The standard InChI is InChI=1S/C26H34O4/c1-4-26(18-27,19-28)16-15-22-9-13-24(14-10-22)23-11-7-21(8-12-23)6-5-17-30-25(29)20(2)3/h7-14,27-28H,2,4-6,15-19H2,1,3H3. The molecule has 0 amide bonds. The maximum absolute atomic E-state index is 11.4. The molecule has 0 heterocycles. The first kappa shape index (κ1) is 23.8. The first-order valence-electron chi connectivity index (χ1n) is 10.7. The molecule has 0 atom stereocenters. The van der Waals surface area contributed by atoms with E-state index in [-0.39, 0.29) is 19.2 Å². The zero-order valence-electron chi connectivity index (χ0n) is 18.2. The summed E-state index contributed by atoms with van der Waals surface area (Å²) in [6.45, 7) is 7.66. The molecule has 2 N–H and O–H groups in total. The van der Waals surface area contributed by atoms with Gasteiger partial charge >= 0.3 is 5.97 Å². The van der Waals surface area contributed by atoms with Gasteiger partial charge in [-0.15, -0.1) is 0 Å². The van der Waals surface area contributed by atoms with Gasteiger partial charge in [0.1, 0.15) is 0 Å². The second kappa shape index (κ2) is 11.7. The number of carbonyl (C=O) groups excluding carboxylic acids is 1. The molecule has 4 nitrogen and oxygen atoms in total. The van der Waals surface area contributed by atoms with Gasteiger partial charge in [-0.2, -0.15) is 0 Å². The fourth-order valence-corrected chi connectivity index (χ4v) is 3.31. The maximum atomic E-state index is 11.4. The molecule has 0 radical (unpaired) electrons. The number of hydrogen-bond donors (Lipinski definition) is 2. The van der Waals surface area contributed by atoms with E-state index in [0.717, 1.165) is 43.2 Å². The van der Waals surface area contributed by atoms with Crippen LogP contribution in [-0.4, -0.2) is 36.0 Å². The molecule has 0 aromatic heterocycles. The zero-order chi connectivity index (χ0) is 22.0. The third-order valence-electron chi connectivity index (χ3n) is 5.80. The summed E-state index contributed by atoms with van der Waals surface area (Å²) in [7, 11) is 0. The maximum Gasteiger partial charge on any atom is 0.333 e. The largest absolute Gasteiger partial charge is 0.462 e. The quantitative estimate of drug-likeness (QED) is 0.302. The van der Waals surface area contributed by atoms with Gasteiger partial charge in [-0.25, -0.2) is 4.79 Å². The van der Waals surface area contributed by atoms with Crippen LogP contribution in [0.3, 0.4) is 0 Å². The minimum Gasteiger partial charge on any atom is -0.462 e. The van der Waals surface area contributed by atoms with Crippen molar-refractivity contribution in [3.63, 3.8) is 0 Å². The summed E-state index contributed by atoms with van der Waals surface area (Å²) in [6, 6.07) is 16.9. The second-order valence-electron chi connectivity index (χ2n) is 8.08. The molecule has 2 aromatic carbocycles. The zero-order valence-corrected chi connectivity index (χ0v) is 18.2. The predicted octanol–water partition coefficient (Wildman–Crippen LogP) is 4.72. The fourth-order valence-electron chi connectivity index (χ4n) is 3.31. The van der Waals surface area contributed by atoms with Gasteiger partial charge in [0.15, 0.2) is 0 Å². The average Bonchev–Trinajstić information content (AvgIpc) is 2.78. The molecule has 2 rings (SSSR count). The van der Waals surface area contributed by atoms with Crippen molar-refractivity contribution >= 4 is 5.97 Å². The molecule has 0 saturated heterocycles. The number of aliphatic hydroxyl groups excluding tert-OH is 2. The van der Waals surface area contributed by atoms with Crippen molar-refractivity contribution in [1.82, 2.24) is 0 Å².